The van der Waals surface area contributed by atoms with Gasteiger partial charge in [0.25, 0.3) is 0 Å². The molecule has 0 atom stereocenters. The Labute approximate surface area is 202 Å². The molecule has 4 aromatic rings. The van der Waals surface area contributed by atoms with Gasteiger partial charge in [0.2, 0.25) is 0 Å². The fourth-order valence-electron chi connectivity index (χ4n) is 4.82. The van der Waals surface area contributed by atoms with Crippen LogP contribution in [0.15, 0.2) is 115 Å². The molecule has 4 aromatic carbocycles. The molecule has 0 aliphatic heterocycles. The highest BCUT2D eigenvalue weighted by molar-refractivity contribution is 7.70. The molecule has 1 aliphatic carbocycles. The van der Waals surface area contributed by atoms with Crippen LogP contribution in [0.3, 0.4) is 0 Å². The van der Waals surface area contributed by atoms with Crippen molar-refractivity contribution in [2.75, 3.05) is 13.3 Å². The van der Waals surface area contributed by atoms with Gasteiger partial charge in [0.15, 0.2) is 0 Å². The lowest BCUT2D eigenvalue weighted by molar-refractivity contribution is 0.588. The zero-order valence-corrected chi connectivity index (χ0v) is 20.8. The van der Waals surface area contributed by atoms with Crippen molar-refractivity contribution in [3.63, 3.8) is 0 Å². The van der Waals surface area contributed by atoms with Gasteiger partial charge in [0.1, 0.15) is 7.14 Å². The van der Waals surface area contributed by atoms with Crippen LogP contribution in [0.2, 0.25) is 0 Å². The molecule has 0 radical (unpaired) electrons. The van der Waals surface area contributed by atoms with Gasteiger partial charge in [-0.3, -0.25) is 0 Å². The van der Waals surface area contributed by atoms with E-state index in [1.54, 1.807) is 0 Å². The molecule has 0 saturated carbocycles. The molecule has 0 spiro atoms. The van der Waals surface area contributed by atoms with E-state index in [1.807, 2.05) is 25.5 Å². The average molecular weight is 461 g/mol. The van der Waals surface area contributed by atoms with Gasteiger partial charge in [-0.25, -0.2) is 0 Å². The Morgan fingerprint density at radius 3 is 1.91 bits per heavy atom. The number of fused-ring (bicyclic) bond motifs is 2. The highest BCUT2D eigenvalue weighted by atomic mass is 31.2. The standard InChI is InChI=1S/C32H29OP/c1-23(17-18-24-11-5-4-6-12-24)31-27-13-7-9-15-29(27)32(30-16-10-8-14-28(30)31)25-19-21-26(22-20-25)34(2,3)33/h4-11,13-22H,12H2,1-3H3/b23-17+,24-18-. The van der Waals surface area contributed by atoms with Crippen LogP contribution < -0.4 is 5.30 Å². The molecule has 2 heteroatoms. The van der Waals surface area contributed by atoms with E-state index in [2.05, 4.69) is 104 Å². The minimum atomic E-state index is -2.29. The Balaban J connectivity index is 1.76. The maximum absolute atomic E-state index is 12.6. The van der Waals surface area contributed by atoms with Crippen molar-refractivity contribution >= 4 is 39.6 Å². The summed E-state index contributed by atoms with van der Waals surface area (Å²) in [4.78, 5) is 0. The Morgan fingerprint density at radius 2 is 1.38 bits per heavy atom. The van der Waals surface area contributed by atoms with E-state index < -0.39 is 7.14 Å². The third-order valence-corrected chi connectivity index (χ3v) is 8.10. The summed E-state index contributed by atoms with van der Waals surface area (Å²) in [7, 11) is -2.29. The molecule has 5 rings (SSSR count). The molecule has 0 saturated heterocycles. The summed E-state index contributed by atoms with van der Waals surface area (Å²) >= 11 is 0. The number of allylic oxidation sites excluding steroid dienone is 8. The van der Waals surface area contributed by atoms with Crippen molar-refractivity contribution < 1.29 is 4.57 Å². The summed E-state index contributed by atoms with van der Waals surface area (Å²) in [5.74, 6) is 0. The largest absolute Gasteiger partial charge is 0.319 e. The maximum atomic E-state index is 12.6. The Bertz CT molecular complexity index is 1500. The molecule has 0 unspecified atom stereocenters. The summed E-state index contributed by atoms with van der Waals surface area (Å²) in [6, 6.07) is 25.7. The SMILES string of the molecule is C/C(=C\C=C1\C=CC=CC1)c1c2ccccc2c(-c2ccc(P(C)(C)=O)cc2)c2ccccc12. The van der Waals surface area contributed by atoms with E-state index in [1.165, 1.54) is 43.8 Å². The first-order valence-corrected chi connectivity index (χ1v) is 14.3. The van der Waals surface area contributed by atoms with Gasteiger partial charge in [0, 0.05) is 5.30 Å². The lowest BCUT2D eigenvalue weighted by Crippen LogP contribution is -2.01. The van der Waals surface area contributed by atoms with Crippen molar-refractivity contribution in [1.82, 2.24) is 0 Å². The Hall–Kier alpha value is -3.41. The first-order chi connectivity index (χ1) is 16.4. The van der Waals surface area contributed by atoms with Gasteiger partial charge in [-0.1, -0.05) is 109 Å². The summed E-state index contributed by atoms with van der Waals surface area (Å²) < 4.78 is 12.6. The van der Waals surface area contributed by atoms with Crippen LogP contribution >= 0.6 is 7.14 Å². The molecule has 34 heavy (non-hydrogen) atoms. The van der Waals surface area contributed by atoms with Gasteiger partial charge >= 0.3 is 0 Å². The number of rotatable bonds is 4. The van der Waals surface area contributed by atoms with Gasteiger partial charge in [-0.15, -0.1) is 0 Å². The third-order valence-electron chi connectivity index (χ3n) is 6.56. The molecule has 0 amide bonds. The summed E-state index contributed by atoms with van der Waals surface area (Å²) in [5.41, 5.74) is 6.23. The van der Waals surface area contributed by atoms with Crippen molar-refractivity contribution in [2.45, 2.75) is 13.3 Å². The first kappa shape index (κ1) is 22.4. The van der Waals surface area contributed by atoms with Crippen LogP contribution in [0.1, 0.15) is 18.9 Å². The fraction of sp³-hybridized carbons (Fsp3) is 0.125. The van der Waals surface area contributed by atoms with E-state index in [4.69, 9.17) is 0 Å². The second kappa shape index (κ2) is 9.09. The lowest BCUT2D eigenvalue weighted by Gasteiger charge is -2.18. The second-order valence-corrected chi connectivity index (χ2v) is 12.5. The highest BCUT2D eigenvalue weighted by Gasteiger charge is 2.17. The fourth-order valence-corrected chi connectivity index (χ4v) is 5.69. The van der Waals surface area contributed by atoms with Crippen LogP contribution in [0.25, 0.3) is 38.2 Å². The van der Waals surface area contributed by atoms with Crippen LogP contribution in [0.4, 0.5) is 0 Å². The molecule has 1 nitrogen and oxygen atoms in total. The summed E-state index contributed by atoms with van der Waals surface area (Å²) in [5, 5.41) is 5.90. The highest BCUT2D eigenvalue weighted by Crippen LogP contribution is 2.42. The molecular weight excluding hydrogens is 431 g/mol. The minimum Gasteiger partial charge on any atom is -0.319 e. The van der Waals surface area contributed by atoms with Gasteiger partial charge < -0.3 is 4.57 Å². The first-order valence-electron chi connectivity index (χ1n) is 11.7. The maximum Gasteiger partial charge on any atom is 0.109 e. The second-order valence-electron chi connectivity index (χ2n) is 9.32. The molecule has 0 heterocycles. The topological polar surface area (TPSA) is 17.1 Å². The van der Waals surface area contributed by atoms with Crippen molar-refractivity contribution in [3.05, 3.63) is 120 Å². The summed E-state index contributed by atoms with van der Waals surface area (Å²) in [6.45, 7) is 5.86. The van der Waals surface area contributed by atoms with E-state index in [0.717, 1.165) is 17.3 Å². The monoisotopic (exact) mass is 460 g/mol. The predicted molar refractivity (Wildman–Crippen MR) is 151 cm³/mol. The smallest absolute Gasteiger partial charge is 0.109 e. The van der Waals surface area contributed by atoms with E-state index in [0.29, 0.717) is 0 Å². The third kappa shape index (κ3) is 4.25. The van der Waals surface area contributed by atoms with Crippen LogP contribution in [0.5, 0.6) is 0 Å². The van der Waals surface area contributed by atoms with Gasteiger partial charge in [-0.05, 0) is 76.1 Å². The normalized spacial score (nSPS) is 15.5. The average Bonchev–Trinajstić information content (AvgIpc) is 2.86. The van der Waals surface area contributed by atoms with Crippen molar-refractivity contribution in [1.29, 1.82) is 0 Å². The van der Waals surface area contributed by atoms with E-state index in [9.17, 15) is 4.57 Å². The van der Waals surface area contributed by atoms with Gasteiger partial charge in [0.05, 0.1) is 0 Å². The molecule has 168 valence electrons. The zero-order valence-electron chi connectivity index (χ0n) is 20.0. The molecule has 0 N–H and O–H groups in total. The minimum absolute atomic E-state index is 0.917. The molecule has 0 fully saturated rings. The predicted octanol–water partition coefficient (Wildman–Crippen LogP) is 8.75. The van der Waals surface area contributed by atoms with Crippen LogP contribution in [-0.2, 0) is 4.57 Å². The van der Waals surface area contributed by atoms with Crippen molar-refractivity contribution in [2.24, 2.45) is 0 Å². The van der Waals surface area contributed by atoms with Crippen LogP contribution in [0, 0.1) is 0 Å². The number of benzene rings is 4. The van der Waals surface area contributed by atoms with Gasteiger partial charge in [-0.2, -0.15) is 0 Å². The molecule has 0 bridgehead atoms. The van der Waals surface area contributed by atoms with E-state index >= 15 is 0 Å². The molecule has 0 aromatic heterocycles. The molecular formula is C32H29OP. The zero-order chi connectivity index (χ0) is 23.7. The number of hydrogen-bond donors (Lipinski definition) is 0. The lowest BCUT2D eigenvalue weighted by atomic mass is 9.86. The number of hydrogen-bond acceptors (Lipinski definition) is 1. The quantitative estimate of drug-likeness (QED) is 0.220. The Morgan fingerprint density at radius 1 is 0.794 bits per heavy atom. The van der Waals surface area contributed by atoms with Crippen LogP contribution in [-0.4, -0.2) is 13.3 Å². The van der Waals surface area contributed by atoms with E-state index in [-0.39, 0.29) is 0 Å². The Kier molecular flexibility index (Phi) is 5.98. The summed E-state index contributed by atoms with van der Waals surface area (Å²) in [6.07, 6.45) is 14.0. The van der Waals surface area contributed by atoms with Crippen molar-refractivity contribution in [3.8, 4) is 11.1 Å². The molecule has 1 aliphatic rings.